The minimum atomic E-state index is -3.72. The summed E-state index contributed by atoms with van der Waals surface area (Å²) in [5.74, 6) is -0.530. The predicted octanol–water partition coefficient (Wildman–Crippen LogP) is 4.92. The first-order valence-corrected chi connectivity index (χ1v) is 12.1. The number of anilines is 3. The Morgan fingerprint density at radius 2 is 1.34 bits per heavy atom. The van der Waals surface area contributed by atoms with Gasteiger partial charge >= 0.3 is 0 Å². The van der Waals surface area contributed by atoms with Gasteiger partial charge in [-0.05, 0) is 79.7 Å². The highest BCUT2D eigenvalue weighted by atomic mass is 32.2. The minimum absolute atomic E-state index is 0.191. The van der Waals surface area contributed by atoms with E-state index in [2.05, 4.69) is 10.6 Å². The van der Waals surface area contributed by atoms with Crippen molar-refractivity contribution in [3.05, 3.63) is 108 Å². The van der Waals surface area contributed by atoms with Crippen LogP contribution in [0, 0.1) is 6.92 Å². The van der Waals surface area contributed by atoms with Crippen molar-refractivity contribution < 1.29 is 22.4 Å². The third-order valence-electron chi connectivity index (χ3n) is 5.32. The van der Waals surface area contributed by atoms with Gasteiger partial charge in [-0.15, -0.1) is 0 Å². The van der Waals surface area contributed by atoms with Crippen molar-refractivity contribution in [3.8, 4) is 0 Å². The molecule has 0 saturated carbocycles. The van der Waals surface area contributed by atoms with E-state index in [-0.39, 0.29) is 22.5 Å². The van der Waals surface area contributed by atoms with E-state index in [9.17, 15) is 18.0 Å². The van der Waals surface area contributed by atoms with Gasteiger partial charge in [0.15, 0.2) is 5.76 Å². The van der Waals surface area contributed by atoms with Crippen LogP contribution in [0.5, 0.6) is 0 Å². The summed E-state index contributed by atoms with van der Waals surface area (Å²) < 4.78 is 32.0. The van der Waals surface area contributed by atoms with Crippen LogP contribution in [-0.2, 0) is 10.0 Å². The summed E-state index contributed by atoms with van der Waals surface area (Å²) in [7, 11) is -2.25. The largest absolute Gasteiger partial charge is 0.459 e. The van der Waals surface area contributed by atoms with Crippen molar-refractivity contribution in [3.63, 3.8) is 0 Å². The average Bonchev–Trinajstić information content (AvgIpc) is 3.40. The molecule has 0 aliphatic carbocycles. The van der Waals surface area contributed by atoms with E-state index >= 15 is 0 Å². The zero-order valence-electron chi connectivity index (χ0n) is 19.1. The SMILES string of the molecule is Cc1ccc(S(=O)(=O)N(C)c2ccc(C(=O)Nc3ccc(NC(=O)c4ccco4)cc3)cc2)cc1. The lowest BCUT2D eigenvalue weighted by atomic mass is 10.2. The second-order valence-electron chi connectivity index (χ2n) is 7.80. The number of furan rings is 1. The molecule has 35 heavy (non-hydrogen) atoms. The summed E-state index contributed by atoms with van der Waals surface area (Å²) >= 11 is 0. The number of carbonyl (C=O) groups excluding carboxylic acids is 2. The molecule has 4 aromatic rings. The Morgan fingerprint density at radius 1 is 0.771 bits per heavy atom. The standard InChI is InChI=1S/C26H23N3O5S/c1-18-5-15-23(16-6-18)35(32,33)29(2)22-13-7-19(8-14-22)25(30)27-20-9-11-21(12-10-20)28-26(31)24-4-3-17-34-24/h3-17H,1-2H3,(H,27,30)(H,28,31). The van der Waals surface area contributed by atoms with Crippen molar-refractivity contribution in [2.24, 2.45) is 0 Å². The molecule has 0 fully saturated rings. The lowest BCUT2D eigenvalue weighted by molar-refractivity contribution is 0.0994. The fourth-order valence-electron chi connectivity index (χ4n) is 3.27. The highest BCUT2D eigenvalue weighted by molar-refractivity contribution is 7.92. The fourth-order valence-corrected chi connectivity index (χ4v) is 4.47. The molecular formula is C26H23N3O5S. The van der Waals surface area contributed by atoms with Gasteiger partial charge in [0.1, 0.15) is 0 Å². The van der Waals surface area contributed by atoms with E-state index in [1.165, 1.54) is 17.6 Å². The van der Waals surface area contributed by atoms with E-state index < -0.39 is 10.0 Å². The number of sulfonamides is 1. The van der Waals surface area contributed by atoms with Crippen LogP contribution in [-0.4, -0.2) is 27.3 Å². The number of aryl methyl sites for hydroxylation is 1. The molecule has 178 valence electrons. The molecule has 0 unspecified atom stereocenters. The number of nitrogens with zero attached hydrogens (tertiary/aromatic N) is 1. The molecule has 0 bridgehead atoms. The molecule has 0 aliphatic heterocycles. The second kappa shape index (κ2) is 9.86. The molecule has 0 atom stereocenters. The van der Waals surface area contributed by atoms with E-state index in [1.807, 2.05) is 6.92 Å². The molecule has 2 amide bonds. The first kappa shape index (κ1) is 23.8. The van der Waals surface area contributed by atoms with E-state index in [0.29, 0.717) is 22.6 Å². The molecule has 1 heterocycles. The number of amides is 2. The van der Waals surface area contributed by atoms with E-state index in [0.717, 1.165) is 5.56 Å². The average molecular weight is 490 g/mol. The van der Waals surface area contributed by atoms with Crippen LogP contribution in [0.3, 0.4) is 0 Å². The van der Waals surface area contributed by atoms with Gasteiger partial charge < -0.3 is 15.1 Å². The molecule has 0 aliphatic rings. The Kier molecular flexibility index (Phi) is 6.70. The third-order valence-corrected chi connectivity index (χ3v) is 7.12. The quantitative estimate of drug-likeness (QED) is 0.383. The number of hydrogen-bond acceptors (Lipinski definition) is 5. The molecule has 2 N–H and O–H groups in total. The Balaban J connectivity index is 1.40. The Labute approximate surface area is 203 Å². The van der Waals surface area contributed by atoms with Crippen molar-refractivity contribution in [1.29, 1.82) is 0 Å². The van der Waals surface area contributed by atoms with E-state index in [1.54, 1.807) is 84.9 Å². The van der Waals surface area contributed by atoms with Crippen molar-refractivity contribution in [2.45, 2.75) is 11.8 Å². The lowest BCUT2D eigenvalue weighted by Crippen LogP contribution is -2.26. The number of nitrogens with one attached hydrogen (secondary N) is 2. The number of rotatable bonds is 7. The molecule has 0 radical (unpaired) electrons. The van der Waals surface area contributed by atoms with Crippen molar-refractivity contribution >= 4 is 38.9 Å². The highest BCUT2D eigenvalue weighted by Crippen LogP contribution is 2.23. The maximum Gasteiger partial charge on any atom is 0.291 e. The first-order chi connectivity index (χ1) is 16.7. The predicted molar refractivity (Wildman–Crippen MR) is 134 cm³/mol. The zero-order chi connectivity index (χ0) is 25.0. The molecule has 4 rings (SSSR count). The Bertz CT molecular complexity index is 1430. The zero-order valence-corrected chi connectivity index (χ0v) is 19.9. The monoisotopic (exact) mass is 489 g/mol. The highest BCUT2D eigenvalue weighted by Gasteiger charge is 2.21. The summed E-state index contributed by atoms with van der Waals surface area (Å²) in [4.78, 5) is 24.9. The van der Waals surface area contributed by atoms with Gasteiger partial charge in [-0.1, -0.05) is 17.7 Å². The maximum atomic E-state index is 12.9. The fraction of sp³-hybridized carbons (Fsp3) is 0.0769. The number of benzene rings is 3. The van der Waals surface area contributed by atoms with Crippen LogP contribution in [0.25, 0.3) is 0 Å². The normalized spacial score (nSPS) is 11.0. The molecular weight excluding hydrogens is 466 g/mol. The maximum absolute atomic E-state index is 12.9. The van der Waals surface area contributed by atoms with Crippen molar-refractivity contribution in [2.75, 3.05) is 22.0 Å². The summed E-state index contributed by atoms with van der Waals surface area (Å²) in [5.41, 5.74) is 2.85. The summed E-state index contributed by atoms with van der Waals surface area (Å²) in [5, 5.41) is 5.48. The third kappa shape index (κ3) is 5.42. The Morgan fingerprint density at radius 3 is 1.89 bits per heavy atom. The number of carbonyl (C=O) groups is 2. The van der Waals surface area contributed by atoms with Crippen LogP contribution >= 0.6 is 0 Å². The van der Waals surface area contributed by atoms with Crippen LogP contribution in [0.2, 0.25) is 0 Å². The topological polar surface area (TPSA) is 109 Å². The molecule has 9 heteroatoms. The summed E-state index contributed by atoms with van der Waals surface area (Å²) in [6.45, 7) is 1.89. The van der Waals surface area contributed by atoms with Crippen molar-refractivity contribution in [1.82, 2.24) is 0 Å². The van der Waals surface area contributed by atoms with Gasteiger partial charge in [-0.2, -0.15) is 0 Å². The van der Waals surface area contributed by atoms with Gasteiger partial charge in [-0.3, -0.25) is 13.9 Å². The molecule has 0 saturated heterocycles. The van der Waals surface area contributed by atoms with Crippen LogP contribution in [0.4, 0.5) is 17.1 Å². The molecule has 0 spiro atoms. The summed E-state index contributed by atoms with van der Waals surface area (Å²) in [6, 6.07) is 22.7. The smallest absolute Gasteiger partial charge is 0.291 e. The minimum Gasteiger partial charge on any atom is -0.459 e. The van der Waals surface area contributed by atoms with E-state index in [4.69, 9.17) is 4.42 Å². The van der Waals surface area contributed by atoms with Gasteiger partial charge in [0, 0.05) is 24.0 Å². The lowest BCUT2D eigenvalue weighted by Gasteiger charge is -2.20. The Hall–Kier alpha value is -4.37. The summed E-state index contributed by atoms with van der Waals surface area (Å²) in [6.07, 6.45) is 1.42. The van der Waals surface area contributed by atoms with Crippen LogP contribution in [0.1, 0.15) is 26.5 Å². The number of hydrogen-bond donors (Lipinski definition) is 2. The van der Waals surface area contributed by atoms with Crippen LogP contribution in [0.15, 0.2) is 101 Å². The second-order valence-corrected chi connectivity index (χ2v) is 9.76. The van der Waals surface area contributed by atoms with Gasteiger partial charge in [0.25, 0.3) is 21.8 Å². The van der Waals surface area contributed by atoms with Gasteiger partial charge in [-0.25, -0.2) is 8.42 Å². The molecule has 1 aromatic heterocycles. The molecule has 8 nitrogen and oxygen atoms in total. The van der Waals surface area contributed by atoms with Crippen LogP contribution < -0.4 is 14.9 Å². The van der Waals surface area contributed by atoms with Gasteiger partial charge in [0.2, 0.25) is 0 Å². The van der Waals surface area contributed by atoms with Gasteiger partial charge in [0.05, 0.1) is 16.8 Å². The first-order valence-electron chi connectivity index (χ1n) is 10.7. The molecule has 3 aromatic carbocycles.